The second kappa shape index (κ2) is 6.83. The van der Waals surface area contributed by atoms with Crippen LogP contribution in [0, 0.1) is 0 Å². The number of fused-ring (bicyclic) bond motifs is 1. The maximum Gasteiger partial charge on any atom is 0.407 e. The number of nitrogens with one attached hydrogen (secondary N) is 2. The molecule has 0 bridgehead atoms. The fraction of sp³-hybridized carbons (Fsp3) is 0.588. The Morgan fingerprint density at radius 3 is 2.95 bits per heavy atom. The summed E-state index contributed by atoms with van der Waals surface area (Å²) in [6.45, 7) is 7.31. The number of hydrogen-bond donors (Lipinski definition) is 2. The van der Waals surface area contributed by atoms with Crippen molar-refractivity contribution in [2.45, 2.75) is 52.1 Å². The normalized spacial score (nSPS) is 14.0. The summed E-state index contributed by atoms with van der Waals surface area (Å²) < 4.78 is 5.20. The van der Waals surface area contributed by atoms with Crippen molar-refractivity contribution in [1.82, 2.24) is 5.32 Å². The SMILES string of the molecule is CC(C)(C)OC(=O)NCCCc1ccc2c(c1)NCCC2. The lowest BCUT2D eigenvalue weighted by Crippen LogP contribution is -2.33. The third-order valence-corrected chi connectivity index (χ3v) is 3.42. The van der Waals surface area contributed by atoms with E-state index >= 15 is 0 Å². The van der Waals surface area contributed by atoms with E-state index in [1.54, 1.807) is 0 Å². The van der Waals surface area contributed by atoms with Gasteiger partial charge in [0.1, 0.15) is 5.60 Å². The zero-order valence-electron chi connectivity index (χ0n) is 13.3. The minimum atomic E-state index is -0.436. The Labute approximate surface area is 127 Å². The third-order valence-electron chi connectivity index (χ3n) is 3.42. The monoisotopic (exact) mass is 290 g/mol. The lowest BCUT2D eigenvalue weighted by molar-refractivity contribution is 0.0527. The zero-order valence-corrected chi connectivity index (χ0v) is 13.3. The molecule has 1 aromatic rings. The molecule has 4 nitrogen and oxygen atoms in total. The molecule has 1 aliphatic heterocycles. The summed E-state index contributed by atoms with van der Waals surface area (Å²) in [5.74, 6) is 0. The Balaban J connectivity index is 1.73. The van der Waals surface area contributed by atoms with Crippen molar-refractivity contribution in [3.63, 3.8) is 0 Å². The van der Waals surface area contributed by atoms with E-state index in [1.165, 1.54) is 29.7 Å². The largest absolute Gasteiger partial charge is 0.444 e. The number of carbonyl (C=O) groups excluding carboxylic acids is 1. The highest BCUT2D eigenvalue weighted by molar-refractivity contribution is 5.67. The topological polar surface area (TPSA) is 50.4 Å². The number of anilines is 1. The van der Waals surface area contributed by atoms with Crippen LogP contribution in [0.15, 0.2) is 18.2 Å². The molecule has 0 atom stereocenters. The van der Waals surface area contributed by atoms with Gasteiger partial charge in [-0.1, -0.05) is 12.1 Å². The Kier molecular flexibility index (Phi) is 5.10. The van der Waals surface area contributed by atoms with Crippen molar-refractivity contribution in [3.05, 3.63) is 29.3 Å². The van der Waals surface area contributed by atoms with Crippen LogP contribution in [0.25, 0.3) is 0 Å². The fourth-order valence-electron chi connectivity index (χ4n) is 2.46. The quantitative estimate of drug-likeness (QED) is 0.834. The number of rotatable bonds is 4. The van der Waals surface area contributed by atoms with Gasteiger partial charge in [-0.05, 0) is 63.6 Å². The minimum absolute atomic E-state index is 0.338. The zero-order chi connectivity index (χ0) is 15.3. The molecule has 0 saturated heterocycles. The molecular weight excluding hydrogens is 264 g/mol. The summed E-state index contributed by atoms with van der Waals surface area (Å²) in [5, 5.41) is 6.24. The molecule has 0 radical (unpaired) electrons. The molecule has 1 amide bonds. The molecule has 2 N–H and O–H groups in total. The first-order chi connectivity index (χ1) is 9.94. The molecule has 1 aromatic carbocycles. The number of hydrogen-bond acceptors (Lipinski definition) is 3. The van der Waals surface area contributed by atoms with Gasteiger partial charge >= 0.3 is 6.09 Å². The van der Waals surface area contributed by atoms with Gasteiger partial charge < -0.3 is 15.4 Å². The van der Waals surface area contributed by atoms with E-state index in [9.17, 15) is 4.79 Å². The summed E-state index contributed by atoms with van der Waals surface area (Å²) in [6.07, 6.45) is 3.92. The molecule has 1 aliphatic rings. The van der Waals surface area contributed by atoms with Crippen molar-refractivity contribution in [2.75, 3.05) is 18.4 Å². The minimum Gasteiger partial charge on any atom is -0.444 e. The first-order valence-electron chi connectivity index (χ1n) is 7.76. The van der Waals surface area contributed by atoms with Crippen molar-refractivity contribution >= 4 is 11.8 Å². The van der Waals surface area contributed by atoms with Gasteiger partial charge in [0.2, 0.25) is 0 Å². The van der Waals surface area contributed by atoms with Gasteiger partial charge in [-0.3, -0.25) is 0 Å². The summed E-state index contributed by atoms with van der Waals surface area (Å²) in [7, 11) is 0. The molecule has 0 fully saturated rings. The van der Waals surface area contributed by atoms with E-state index < -0.39 is 5.60 Å². The van der Waals surface area contributed by atoms with Crippen LogP contribution in [0.4, 0.5) is 10.5 Å². The Morgan fingerprint density at radius 1 is 1.38 bits per heavy atom. The molecule has 0 unspecified atom stereocenters. The summed E-state index contributed by atoms with van der Waals surface area (Å²) in [4.78, 5) is 11.5. The van der Waals surface area contributed by atoms with Crippen molar-refractivity contribution < 1.29 is 9.53 Å². The molecule has 0 aliphatic carbocycles. The van der Waals surface area contributed by atoms with Crippen LogP contribution in [0.5, 0.6) is 0 Å². The number of aryl methyl sites for hydroxylation is 2. The maximum absolute atomic E-state index is 11.5. The summed E-state index contributed by atoms with van der Waals surface area (Å²) >= 11 is 0. The number of amides is 1. The molecule has 0 aromatic heterocycles. The summed E-state index contributed by atoms with van der Waals surface area (Å²) in [5.41, 5.74) is 3.57. The van der Waals surface area contributed by atoms with Crippen LogP contribution in [0.2, 0.25) is 0 Å². The molecule has 1 heterocycles. The lowest BCUT2D eigenvalue weighted by atomic mass is 9.99. The van der Waals surface area contributed by atoms with Crippen LogP contribution in [-0.2, 0) is 17.6 Å². The molecule has 21 heavy (non-hydrogen) atoms. The molecule has 0 saturated carbocycles. The highest BCUT2D eigenvalue weighted by Crippen LogP contribution is 2.23. The third kappa shape index (κ3) is 5.29. The van der Waals surface area contributed by atoms with E-state index in [2.05, 4.69) is 28.8 Å². The Bertz CT molecular complexity index is 492. The average molecular weight is 290 g/mol. The first kappa shape index (κ1) is 15.7. The Morgan fingerprint density at radius 2 is 2.19 bits per heavy atom. The van der Waals surface area contributed by atoms with Crippen molar-refractivity contribution in [2.24, 2.45) is 0 Å². The first-order valence-corrected chi connectivity index (χ1v) is 7.76. The number of alkyl carbamates (subject to hydrolysis) is 1. The predicted octanol–water partition coefficient (Wildman–Crippen LogP) is 3.50. The lowest BCUT2D eigenvalue weighted by Gasteiger charge is -2.20. The summed E-state index contributed by atoms with van der Waals surface area (Å²) in [6, 6.07) is 6.65. The van der Waals surface area contributed by atoms with E-state index in [0.717, 1.165) is 19.4 Å². The Hall–Kier alpha value is -1.71. The second-order valence-electron chi connectivity index (χ2n) is 6.55. The second-order valence-corrected chi connectivity index (χ2v) is 6.55. The average Bonchev–Trinajstić information content (AvgIpc) is 2.41. The number of benzene rings is 1. The van der Waals surface area contributed by atoms with Crippen LogP contribution < -0.4 is 10.6 Å². The van der Waals surface area contributed by atoms with E-state index in [0.29, 0.717) is 6.54 Å². The maximum atomic E-state index is 11.5. The van der Waals surface area contributed by atoms with E-state index in [1.807, 2.05) is 20.8 Å². The molecular formula is C17H26N2O2. The predicted molar refractivity (Wildman–Crippen MR) is 85.8 cm³/mol. The molecule has 0 spiro atoms. The molecule has 4 heteroatoms. The van der Waals surface area contributed by atoms with Gasteiger partial charge in [-0.25, -0.2) is 4.79 Å². The van der Waals surface area contributed by atoms with E-state index in [-0.39, 0.29) is 6.09 Å². The van der Waals surface area contributed by atoms with Gasteiger partial charge in [-0.15, -0.1) is 0 Å². The van der Waals surface area contributed by atoms with Gasteiger partial charge in [0.15, 0.2) is 0 Å². The fourth-order valence-corrected chi connectivity index (χ4v) is 2.46. The number of ether oxygens (including phenoxy) is 1. The van der Waals surface area contributed by atoms with Gasteiger partial charge in [0.05, 0.1) is 0 Å². The highest BCUT2D eigenvalue weighted by Gasteiger charge is 2.15. The van der Waals surface area contributed by atoms with Crippen molar-refractivity contribution in [3.8, 4) is 0 Å². The van der Waals surface area contributed by atoms with Crippen LogP contribution in [-0.4, -0.2) is 24.8 Å². The number of carbonyl (C=O) groups is 1. The van der Waals surface area contributed by atoms with Crippen LogP contribution >= 0.6 is 0 Å². The highest BCUT2D eigenvalue weighted by atomic mass is 16.6. The molecule has 116 valence electrons. The smallest absolute Gasteiger partial charge is 0.407 e. The van der Waals surface area contributed by atoms with E-state index in [4.69, 9.17) is 4.74 Å². The molecule has 2 rings (SSSR count). The standard InChI is InChI=1S/C17H26N2O2/c1-17(2,3)21-16(20)19-11-4-6-13-8-9-14-7-5-10-18-15(14)12-13/h8-9,12,18H,4-7,10-11H2,1-3H3,(H,19,20). The van der Waals surface area contributed by atoms with Crippen LogP contribution in [0.1, 0.15) is 44.7 Å². The van der Waals surface area contributed by atoms with Gasteiger partial charge in [0, 0.05) is 18.8 Å². The van der Waals surface area contributed by atoms with Crippen molar-refractivity contribution in [1.29, 1.82) is 0 Å². The van der Waals surface area contributed by atoms with Gasteiger partial charge in [0.25, 0.3) is 0 Å². The van der Waals surface area contributed by atoms with Crippen LogP contribution in [0.3, 0.4) is 0 Å². The van der Waals surface area contributed by atoms with Gasteiger partial charge in [-0.2, -0.15) is 0 Å².